The van der Waals surface area contributed by atoms with E-state index in [1.54, 1.807) is 14.2 Å². The van der Waals surface area contributed by atoms with Gasteiger partial charge in [-0.1, -0.05) is 12.1 Å². The van der Waals surface area contributed by atoms with E-state index in [0.717, 1.165) is 39.1 Å². The molecule has 130 valence electrons. The molecule has 4 aromatic rings. The van der Waals surface area contributed by atoms with Crippen molar-refractivity contribution in [2.75, 3.05) is 14.2 Å². The van der Waals surface area contributed by atoms with Crippen molar-refractivity contribution in [3.05, 3.63) is 78.6 Å². The fourth-order valence-corrected chi connectivity index (χ4v) is 3.06. The molecule has 0 bridgehead atoms. The Morgan fingerprint density at radius 2 is 1.73 bits per heavy atom. The Bertz CT molecular complexity index is 1080. The van der Waals surface area contributed by atoms with Crippen LogP contribution in [-0.4, -0.2) is 14.2 Å². The third-order valence-electron chi connectivity index (χ3n) is 4.41. The van der Waals surface area contributed by atoms with Crippen molar-refractivity contribution in [3.63, 3.8) is 0 Å². The summed E-state index contributed by atoms with van der Waals surface area (Å²) in [6, 6.07) is 20.1. The molecule has 0 atom stereocenters. The largest absolute Gasteiger partial charge is 0.497 e. The van der Waals surface area contributed by atoms with Crippen molar-refractivity contribution >= 4 is 16.3 Å². The molecule has 0 saturated carbocycles. The Morgan fingerprint density at radius 1 is 0.808 bits per heavy atom. The zero-order chi connectivity index (χ0) is 17.9. The van der Waals surface area contributed by atoms with Gasteiger partial charge in [-0.3, -0.25) is 0 Å². The summed E-state index contributed by atoms with van der Waals surface area (Å²) in [7, 11) is 3.35. The highest BCUT2D eigenvalue weighted by molar-refractivity contribution is 5.86. The predicted molar refractivity (Wildman–Crippen MR) is 101 cm³/mol. The van der Waals surface area contributed by atoms with Crippen LogP contribution in [0.5, 0.6) is 17.2 Å². The summed E-state index contributed by atoms with van der Waals surface area (Å²) in [6.45, 7) is 0.494. The van der Waals surface area contributed by atoms with Gasteiger partial charge in [0.2, 0.25) is 0 Å². The quantitative estimate of drug-likeness (QED) is 0.401. The van der Waals surface area contributed by atoms with Crippen LogP contribution in [0, 0.1) is 0 Å². The predicted octanol–water partition coefficient (Wildman–Crippen LogP) is 4.17. The number of hydrogen-bond donors (Lipinski definition) is 0. The first-order valence-corrected chi connectivity index (χ1v) is 8.44. The van der Waals surface area contributed by atoms with Gasteiger partial charge in [0.25, 0.3) is 5.52 Å². The second-order valence-corrected chi connectivity index (χ2v) is 6.07. The number of methoxy groups -OCH3 is 2. The molecule has 2 aromatic carbocycles. The third-order valence-corrected chi connectivity index (χ3v) is 4.41. The Balaban J connectivity index is 1.64. The lowest BCUT2D eigenvalue weighted by molar-refractivity contribution is -0.510. The lowest BCUT2D eigenvalue weighted by atomic mass is 10.1. The zero-order valence-corrected chi connectivity index (χ0v) is 14.8. The molecule has 2 heterocycles. The van der Waals surface area contributed by atoms with E-state index in [1.165, 1.54) is 0 Å². The van der Waals surface area contributed by atoms with E-state index in [1.807, 2.05) is 48.7 Å². The van der Waals surface area contributed by atoms with Crippen molar-refractivity contribution in [3.8, 4) is 17.2 Å². The molecule has 0 fully saturated rings. The normalized spacial score (nSPS) is 10.8. The first-order valence-electron chi connectivity index (χ1n) is 8.44. The molecule has 4 nitrogen and oxygen atoms in total. The molecular formula is C22H20NO3+. The molecule has 4 heteroatoms. The summed E-state index contributed by atoms with van der Waals surface area (Å²) in [4.78, 5) is 0. The Labute approximate surface area is 152 Å². The fraction of sp³-hybridized carbons (Fsp3) is 0.136. The molecule has 26 heavy (non-hydrogen) atoms. The van der Waals surface area contributed by atoms with Gasteiger partial charge < -0.3 is 14.2 Å². The number of ether oxygens (including phenoxy) is 3. The van der Waals surface area contributed by atoms with Crippen LogP contribution in [0.1, 0.15) is 5.56 Å². The molecule has 2 aromatic heterocycles. The zero-order valence-electron chi connectivity index (χ0n) is 14.8. The molecule has 0 amide bonds. The Kier molecular flexibility index (Phi) is 4.32. The summed E-state index contributed by atoms with van der Waals surface area (Å²) in [5, 5.41) is 2.25. The topological polar surface area (TPSA) is 31.8 Å². The van der Waals surface area contributed by atoms with Gasteiger partial charge >= 0.3 is 0 Å². The minimum atomic E-state index is 0.494. The van der Waals surface area contributed by atoms with Gasteiger partial charge in [0.15, 0.2) is 18.1 Å². The molecule has 0 N–H and O–H groups in total. The van der Waals surface area contributed by atoms with Gasteiger partial charge in [0.1, 0.15) is 18.1 Å². The summed E-state index contributed by atoms with van der Waals surface area (Å²) in [6.07, 6.45) is 4.11. The fourth-order valence-electron chi connectivity index (χ4n) is 3.06. The standard InChI is InChI=1S/C22H20NO3/c1-24-19-6-3-5-16(11-19)15-26-20-9-8-17-14-23-10-4-7-22(25-2)21(23)13-18(17)12-20/h3-14H,15H2,1-2H3/q+1. The minimum Gasteiger partial charge on any atom is -0.497 e. The lowest BCUT2D eigenvalue weighted by Crippen LogP contribution is -2.20. The summed E-state index contributed by atoms with van der Waals surface area (Å²) < 4.78 is 18.8. The highest BCUT2D eigenvalue weighted by Crippen LogP contribution is 2.25. The van der Waals surface area contributed by atoms with E-state index >= 15 is 0 Å². The van der Waals surface area contributed by atoms with Crippen LogP contribution in [-0.2, 0) is 6.61 Å². The van der Waals surface area contributed by atoms with Gasteiger partial charge in [0.05, 0.1) is 14.2 Å². The van der Waals surface area contributed by atoms with E-state index in [0.29, 0.717) is 6.61 Å². The second kappa shape index (κ2) is 6.92. The first kappa shape index (κ1) is 16.2. The number of aromatic nitrogens is 1. The molecule has 4 rings (SSSR count). The van der Waals surface area contributed by atoms with Gasteiger partial charge in [0, 0.05) is 17.5 Å². The minimum absolute atomic E-state index is 0.494. The summed E-state index contributed by atoms with van der Waals surface area (Å²) in [5.41, 5.74) is 2.09. The van der Waals surface area contributed by atoms with Crippen molar-refractivity contribution < 1.29 is 18.6 Å². The van der Waals surface area contributed by atoms with Crippen LogP contribution in [0.2, 0.25) is 0 Å². The average molecular weight is 346 g/mol. The van der Waals surface area contributed by atoms with E-state index < -0.39 is 0 Å². The highest BCUT2D eigenvalue weighted by Gasteiger charge is 2.11. The van der Waals surface area contributed by atoms with E-state index in [4.69, 9.17) is 14.2 Å². The Morgan fingerprint density at radius 3 is 2.58 bits per heavy atom. The average Bonchev–Trinajstić information content (AvgIpc) is 2.70. The number of nitrogens with zero attached hydrogens (tertiary/aromatic N) is 1. The molecule has 0 unspecified atom stereocenters. The van der Waals surface area contributed by atoms with Crippen LogP contribution in [0.15, 0.2) is 73.1 Å². The van der Waals surface area contributed by atoms with E-state index in [2.05, 4.69) is 28.8 Å². The second-order valence-electron chi connectivity index (χ2n) is 6.07. The van der Waals surface area contributed by atoms with Crippen LogP contribution in [0.25, 0.3) is 16.3 Å². The Hall–Kier alpha value is -3.27. The number of pyridine rings is 2. The van der Waals surface area contributed by atoms with Crippen LogP contribution in [0.3, 0.4) is 0 Å². The number of benzene rings is 2. The van der Waals surface area contributed by atoms with Gasteiger partial charge in [-0.25, -0.2) is 0 Å². The molecule has 0 aliphatic rings. The van der Waals surface area contributed by atoms with Gasteiger partial charge in [-0.2, -0.15) is 4.40 Å². The van der Waals surface area contributed by atoms with Crippen LogP contribution >= 0.6 is 0 Å². The lowest BCUT2D eigenvalue weighted by Gasteiger charge is -2.08. The maximum atomic E-state index is 5.97. The smallest absolute Gasteiger partial charge is 0.253 e. The van der Waals surface area contributed by atoms with E-state index in [9.17, 15) is 0 Å². The van der Waals surface area contributed by atoms with Gasteiger partial charge in [-0.15, -0.1) is 0 Å². The number of fused-ring (bicyclic) bond motifs is 2. The molecule has 0 aliphatic carbocycles. The highest BCUT2D eigenvalue weighted by atomic mass is 16.5. The molecule has 0 radical (unpaired) electrons. The SMILES string of the molecule is COc1cccc(COc2ccc3c[n+]4cccc(OC)c4cc3c2)c1. The molecular weight excluding hydrogens is 326 g/mol. The van der Waals surface area contributed by atoms with E-state index in [-0.39, 0.29) is 0 Å². The van der Waals surface area contributed by atoms with Crippen molar-refractivity contribution in [2.24, 2.45) is 0 Å². The summed E-state index contributed by atoms with van der Waals surface area (Å²) >= 11 is 0. The molecule has 0 spiro atoms. The van der Waals surface area contributed by atoms with Gasteiger partial charge in [-0.05, 0) is 47.3 Å². The van der Waals surface area contributed by atoms with Crippen LogP contribution in [0.4, 0.5) is 0 Å². The van der Waals surface area contributed by atoms with Crippen molar-refractivity contribution in [2.45, 2.75) is 6.61 Å². The number of rotatable bonds is 5. The number of hydrogen-bond acceptors (Lipinski definition) is 3. The molecule has 0 saturated heterocycles. The van der Waals surface area contributed by atoms with Crippen LogP contribution < -0.4 is 18.6 Å². The first-order chi connectivity index (χ1) is 12.8. The third kappa shape index (κ3) is 3.14. The van der Waals surface area contributed by atoms with Crippen molar-refractivity contribution in [1.29, 1.82) is 0 Å². The van der Waals surface area contributed by atoms with Crippen molar-refractivity contribution in [1.82, 2.24) is 0 Å². The maximum Gasteiger partial charge on any atom is 0.253 e. The monoisotopic (exact) mass is 346 g/mol. The summed E-state index contributed by atoms with van der Waals surface area (Å²) in [5.74, 6) is 2.51. The molecule has 0 aliphatic heterocycles. The maximum absolute atomic E-state index is 5.97.